The van der Waals surface area contributed by atoms with Crippen LogP contribution in [0, 0.1) is 12.7 Å². The van der Waals surface area contributed by atoms with E-state index < -0.39 is 21.1 Å². The fourth-order valence-corrected chi connectivity index (χ4v) is 4.62. The molecule has 12 heteroatoms. The Morgan fingerprint density at radius 3 is 2.39 bits per heavy atom. The van der Waals surface area contributed by atoms with Crippen molar-refractivity contribution < 1.29 is 22.3 Å². The molecule has 0 aliphatic carbocycles. The maximum Gasteiger partial charge on any atom is 0.243 e. The normalized spacial score (nSPS) is 12.2. The number of sulfonamides is 1. The van der Waals surface area contributed by atoms with Crippen molar-refractivity contribution in [1.29, 1.82) is 0 Å². The number of ether oxygens (including phenoxy) is 2. The van der Waals surface area contributed by atoms with Crippen molar-refractivity contribution in [1.82, 2.24) is 24.7 Å². The largest absolute Gasteiger partial charge is 0.494 e. The van der Waals surface area contributed by atoms with Crippen LogP contribution in [0.15, 0.2) is 55.0 Å². The number of rotatable bonds is 9. The van der Waals surface area contributed by atoms with Gasteiger partial charge in [-0.05, 0) is 49.7 Å². The van der Waals surface area contributed by atoms with Gasteiger partial charge in [-0.2, -0.15) is 0 Å². The van der Waals surface area contributed by atoms with Gasteiger partial charge in [0, 0.05) is 30.1 Å². The summed E-state index contributed by atoms with van der Waals surface area (Å²) in [7, 11) is -0.976. The number of aryl methyl sites for hydroxylation is 1. The monoisotopic (exact) mass is 512 g/mol. The molecule has 1 atom stereocenters. The highest BCUT2D eigenvalue weighted by Crippen LogP contribution is 2.37. The predicted molar refractivity (Wildman–Crippen MR) is 132 cm³/mol. The Morgan fingerprint density at radius 1 is 1.06 bits per heavy atom. The molecule has 1 aromatic carbocycles. The van der Waals surface area contributed by atoms with Gasteiger partial charge < -0.3 is 9.47 Å². The molecule has 1 N–H and O–H groups in total. The fraction of sp³-hybridized carbons (Fsp3) is 0.250. The van der Waals surface area contributed by atoms with Crippen LogP contribution in [-0.2, 0) is 16.4 Å². The summed E-state index contributed by atoms with van der Waals surface area (Å²) in [4.78, 5) is 8.19. The minimum Gasteiger partial charge on any atom is -0.494 e. The number of benzene rings is 1. The number of aromatic nitrogens is 5. The van der Waals surface area contributed by atoms with Gasteiger partial charge in [0.05, 0.1) is 25.7 Å². The van der Waals surface area contributed by atoms with Crippen LogP contribution in [0.2, 0.25) is 0 Å². The maximum atomic E-state index is 13.3. The van der Waals surface area contributed by atoms with Crippen molar-refractivity contribution in [3.8, 4) is 28.6 Å². The third-order valence-electron chi connectivity index (χ3n) is 5.47. The quantitative estimate of drug-likeness (QED) is 0.361. The lowest BCUT2D eigenvalue weighted by Gasteiger charge is -2.19. The number of pyridine rings is 2. The molecular weight excluding hydrogens is 487 g/mol. The van der Waals surface area contributed by atoms with Crippen molar-refractivity contribution in [2.75, 3.05) is 18.9 Å². The molecule has 0 bridgehead atoms. The van der Waals surface area contributed by atoms with Crippen molar-refractivity contribution in [3.63, 3.8) is 0 Å². The summed E-state index contributed by atoms with van der Waals surface area (Å²) in [6.45, 7) is 3.42. The van der Waals surface area contributed by atoms with Crippen LogP contribution in [0.25, 0.3) is 17.1 Å². The Hall–Kier alpha value is -4.06. The summed E-state index contributed by atoms with van der Waals surface area (Å²) in [6, 6.07) is 9.74. The molecule has 3 heterocycles. The Morgan fingerprint density at radius 2 is 1.78 bits per heavy atom. The molecule has 0 amide bonds. The van der Waals surface area contributed by atoms with E-state index in [1.807, 2.05) is 13.0 Å². The number of halogens is 1. The minimum atomic E-state index is -3.97. The first-order valence-electron chi connectivity index (χ1n) is 10.9. The van der Waals surface area contributed by atoms with Crippen LogP contribution < -0.4 is 14.2 Å². The average Bonchev–Trinajstić information content (AvgIpc) is 3.27. The zero-order chi connectivity index (χ0) is 25.9. The molecule has 0 saturated carbocycles. The molecule has 0 aliphatic rings. The molecule has 188 valence electrons. The zero-order valence-electron chi connectivity index (χ0n) is 20.1. The second-order valence-corrected chi connectivity index (χ2v) is 10.2. The van der Waals surface area contributed by atoms with E-state index in [1.54, 1.807) is 30.6 Å². The molecule has 4 aromatic rings. The Balaban J connectivity index is 1.81. The third kappa shape index (κ3) is 5.13. The third-order valence-corrected chi connectivity index (χ3v) is 7.16. The summed E-state index contributed by atoms with van der Waals surface area (Å²) in [5.74, 6) is 0.609. The molecule has 4 rings (SSSR count). The number of hydrogen-bond donors (Lipinski definition) is 1. The second-order valence-electron chi connectivity index (χ2n) is 8.07. The lowest BCUT2D eigenvalue weighted by molar-refractivity contribution is 0.391. The Labute approximate surface area is 208 Å². The molecule has 0 saturated heterocycles. The maximum absolute atomic E-state index is 13.3. The summed E-state index contributed by atoms with van der Waals surface area (Å²) in [6.07, 6.45) is 4.42. The molecule has 0 radical (unpaired) electrons. The van der Waals surface area contributed by atoms with E-state index in [-0.39, 0.29) is 12.4 Å². The van der Waals surface area contributed by atoms with Gasteiger partial charge in [-0.1, -0.05) is 6.07 Å². The summed E-state index contributed by atoms with van der Waals surface area (Å²) < 4.78 is 55.0. The predicted octanol–water partition coefficient (Wildman–Crippen LogP) is 3.56. The molecule has 0 fully saturated rings. The van der Waals surface area contributed by atoms with Gasteiger partial charge in [-0.3, -0.25) is 19.3 Å². The summed E-state index contributed by atoms with van der Waals surface area (Å²) in [5.41, 5.74) is 2.35. The highest BCUT2D eigenvalue weighted by molar-refractivity contribution is 7.93. The van der Waals surface area contributed by atoms with Crippen LogP contribution in [0.3, 0.4) is 0 Å². The van der Waals surface area contributed by atoms with Gasteiger partial charge in [0.1, 0.15) is 23.0 Å². The smallest absolute Gasteiger partial charge is 0.243 e. The van der Waals surface area contributed by atoms with Crippen LogP contribution in [0.1, 0.15) is 18.2 Å². The lowest BCUT2D eigenvalue weighted by atomic mass is 10.2. The molecule has 36 heavy (non-hydrogen) atoms. The Kier molecular flexibility index (Phi) is 7.15. The molecular formula is C24H25FN6O4S. The lowest BCUT2D eigenvalue weighted by Crippen LogP contribution is -2.29. The summed E-state index contributed by atoms with van der Waals surface area (Å²) in [5, 5.41) is 7.51. The number of nitrogens with zero attached hydrogens (tertiary/aromatic N) is 5. The highest BCUT2D eigenvalue weighted by Gasteiger charge is 2.28. The Bertz CT molecular complexity index is 1450. The molecule has 10 nitrogen and oxygen atoms in total. The average molecular weight is 513 g/mol. The number of hydrogen-bond acceptors (Lipinski definition) is 8. The topological polar surface area (TPSA) is 121 Å². The number of methoxy groups -OCH3 is 2. The van der Waals surface area contributed by atoms with Crippen molar-refractivity contribution in [3.05, 3.63) is 72.1 Å². The number of para-hydroxylation sites is 1. The van der Waals surface area contributed by atoms with Crippen LogP contribution >= 0.6 is 0 Å². The van der Waals surface area contributed by atoms with Crippen molar-refractivity contribution in [2.24, 2.45) is 0 Å². The first-order chi connectivity index (χ1) is 17.2. The highest BCUT2D eigenvalue weighted by atomic mass is 32.2. The van der Waals surface area contributed by atoms with Gasteiger partial charge in [-0.25, -0.2) is 12.8 Å². The van der Waals surface area contributed by atoms with E-state index in [1.165, 1.54) is 37.8 Å². The van der Waals surface area contributed by atoms with Crippen LogP contribution in [0.4, 0.5) is 10.3 Å². The SMILES string of the molecule is COc1cccc(OC)c1-n1c(NS(=O)(=O)[C@@H](C)Cc2ccc(F)cn2)nnc1-c1cncc(C)c1. The molecule has 0 aliphatic heterocycles. The van der Waals surface area contributed by atoms with Gasteiger partial charge in [0.25, 0.3) is 0 Å². The first kappa shape index (κ1) is 25.0. The van der Waals surface area contributed by atoms with Crippen LogP contribution in [-0.4, -0.2) is 52.6 Å². The molecule has 3 aromatic heterocycles. The van der Waals surface area contributed by atoms with E-state index in [0.717, 1.165) is 11.8 Å². The first-order valence-corrected chi connectivity index (χ1v) is 12.5. The molecule has 0 unspecified atom stereocenters. The number of anilines is 1. The fourth-order valence-electron chi connectivity index (χ4n) is 3.64. The van der Waals surface area contributed by atoms with E-state index >= 15 is 0 Å². The van der Waals surface area contributed by atoms with E-state index in [9.17, 15) is 12.8 Å². The minimum absolute atomic E-state index is 0.0618. The van der Waals surface area contributed by atoms with Gasteiger partial charge in [0.15, 0.2) is 5.82 Å². The van der Waals surface area contributed by atoms with E-state index in [2.05, 4.69) is 24.9 Å². The van der Waals surface area contributed by atoms with Gasteiger partial charge in [0.2, 0.25) is 16.0 Å². The standard InChI is InChI=1S/C24H25FN6O4S/c1-15-10-17(13-26-12-15)23-28-29-24(31(23)22-20(34-3)6-5-7-21(22)35-4)30-36(32,33)16(2)11-19-9-8-18(25)14-27-19/h5-10,12-14,16H,11H2,1-4H3,(H,29,30)/t16-/m0/s1. The van der Waals surface area contributed by atoms with Gasteiger partial charge in [-0.15, -0.1) is 10.2 Å². The van der Waals surface area contributed by atoms with Gasteiger partial charge >= 0.3 is 0 Å². The van der Waals surface area contributed by atoms with E-state index in [0.29, 0.717) is 34.3 Å². The van der Waals surface area contributed by atoms with Crippen molar-refractivity contribution in [2.45, 2.75) is 25.5 Å². The summed E-state index contributed by atoms with van der Waals surface area (Å²) >= 11 is 0. The van der Waals surface area contributed by atoms with Crippen molar-refractivity contribution >= 4 is 16.0 Å². The van der Waals surface area contributed by atoms with Crippen LogP contribution in [0.5, 0.6) is 11.5 Å². The zero-order valence-corrected chi connectivity index (χ0v) is 21.0. The molecule has 0 spiro atoms. The second kappa shape index (κ2) is 10.3. The number of nitrogens with one attached hydrogen (secondary N) is 1. The van der Waals surface area contributed by atoms with E-state index in [4.69, 9.17) is 9.47 Å².